The summed E-state index contributed by atoms with van der Waals surface area (Å²) in [5.41, 5.74) is 0.0574. The van der Waals surface area contributed by atoms with Gasteiger partial charge in [0.25, 0.3) is 0 Å². The molecule has 1 fully saturated rings. The minimum Gasteiger partial charge on any atom is -0.407 e. The molecule has 1 aromatic rings. The summed E-state index contributed by atoms with van der Waals surface area (Å²) in [6, 6.07) is 0.545. The highest BCUT2D eigenvalue weighted by Gasteiger charge is 2.15. The topological polar surface area (TPSA) is 63.0 Å². The molecule has 2 heterocycles. The predicted molar refractivity (Wildman–Crippen MR) is 79.4 cm³/mol. The first-order valence-electron chi connectivity index (χ1n) is 6.92. The Kier molecular flexibility index (Phi) is 5.10. The second-order valence-corrected chi connectivity index (χ2v) is 7.27. The Labute approximate surface area is 119 Å². The maximum Gasteiger partial charge on any atom is 0.315 e. The fourth-order valence-corrected chi connectivity index (χ4v) is 3.12. The Morgan fingerprint density at radius 1 is 1.26 bits per heavy atom. The lowest BCUT2D eigenvalue weighted by Gasteiger charge is -2.20. The lowest BCUT2D eigenvalue weighted by molar-refractivity contribution is 0.383. The van der Waals surface area contributed by atoms with Crippen LogP contribution in [0.3, 0.4) is 0 Å². The van der Waals surface area contributed by atoms with Crippen molar-refractivity contribution in [3.05, 3.63) is 5.89 Å². The normalized spacial score (nSPS) is 17.6. The van der Waals surface area contributed by atoms with Gasteiger partial charge in [-0.2, -0.15) is 11.8 Å². The molecule has 2 N–H and O–H groups in total. The Bertz CT molecular complexity index is 382. The van der Waals surface area contributed by atoms with Gasteiger partial charge in [-0.25, -0.2) is 0 Å². The highest BCUT2D eigenvalue weighted by Crippen LogP contribution is 2.22. The molecule has 0 unspecified atom stereocenters. The zero-order valence-corrected chi connectivity index (χ0v) is 12.8. The molecule has 1 saturated heterocycles. The Balaban J connectivity index is 1.74. The van der Waals surface area contributed by atoms with Crippen molar-refractivity contribution in [3.8, 4) is 0 Å². The zero-order valence-electron chi connectivity index (χ0n) is 12.0. The molecule has 1 aliphatic heterocycles. The molecule has 0 aromatic carbocycles. The van der Waals surface area contributed by atoms with Crippen molar-refractivity contribution in [1.82, 2.24) is 15.5 Å². The first kappa shape index (κ1) is 14.7. The van der Waals surface area contributed by atoms with Crippen molar-refractivity contribution < 1.29 is 4.42 Å². The van der Waals surface area contributed by atoms with E-state index in [1.165, 1.54) is 24.3 Å². The fraction of sp³-hybridized carbons (Fsp3) is 0.846. The van der Waals surface area contributed by atoms with Crippen LogP contribution in [0.5, 0.6) is 0 Å². The van der Waals surface area contributed by atoms with Crippen LogP contribution in [0, 0.1) is 5.92 Å². The van der Waals surface area contributed by atoms with Gasteiger partial charge in [0.2, 0.25) is 5.89 Å². The fourth-order valence-electron chi connectivity index (χ4n) is 1.92. The van der Waals surface area contributed by atoms with Gasteiger partial charge in [0, 0.05) is 12.1 Å². The molecule has 5 nitrogen and oxygen atoms in total. The van der Waals surface area contributed by atoms with E-state index < -0.39 is 0 Å². The minimum absolute atomic E-state index is 0.0574. The van der Waals surface area contributed by atoms with E-state index in [0.29, 0.717) is 18.5 Å². The quantitative estimate of drug-likeness (QED) is 0.866. The summed E-state index contributed by atoms with van der Waals surface area (Å²) in [5, 5.41) is 14.7. The van der Waals surface area contributed by atoms with Crippen molar-refractivity contribution >= 4 is 17.8 Å². The first-order chi connectivity index (χ1) is 9.03. The molecule has 1 aromatic heterocycles. The van der Waals surface area contributed by atoms with E-state index in [9.17, 15) is 0 Å². The number of nitrogens with zero attached hydrogens (tertiary/aromatic N) is 2. The first-order valence-corrected chi connectivity index (χ1v) is 8.07. The number of rotatable bonds is 5. The summed E-state index contributed by atoms with van der Waals surface area (Å²) in [4.78, 5) is 0. The molecular weight excluding hydrogens is 260 g/mol. The molecular formula is C13H24N4OS. The summed E-state index contributed by atoms with van der Waals surface area (Å²) >= 11 is 2.05. The largest absolute Gasteiger partial charge is 0.407 e. The summed E-state index contributed by atoms with van der Waals surface area (Å²) in [7, 11) is 0. The molecule has 0 radical (unpaired) electrons. The monoisotopic (exact) mass is 284 g/mol. The third-order valence-corrected chi connectivity index (χ3v) is 4.17. The number of anilines is 1. The Morgan fingerprint density at radius 2 is 2.00 bits per heavy atom. The molecule has 1 aliphatic rings. The van der Waals surface area contributed by atoms with Gasteiger partial charge in [-0.15, -0.1) is 5.10 Å². The van der Waals surface area contributed by atoms with Crippen LogP contribution in [0.4, 0.5) is 6.01 Å². The van der Waals surface area contributed by atoms with Gasteiger partial charge in [0.15, 0.2) is 0 Å². The van der Waals surface area contributed by atoms with Gasteiger partial charge in [-0.1, -0.05) is 5.10 Å². The Hall–Kier alpha value is -0.750. The molecule has 0 amide bonds. The number of hydrogen-bond acceptors (Lipinski definition) is 6. The summed E-state index contributed by atoms with van der Waals surface area (Å²) in [5.74, 6) is 3.93. The lowest BCUT2D eigenvalue weighted by Crippen LogP contribution is -2.35. The van der Waals surface area contributed by atoms with Crippen LogP contribution in [0.1, 0.15) is 39.5 Å². The van der Waals surface area contributed by atoms with Crippen LogP contribution in [0.25, 0.3) is 0 Å². The second-order valence-electron chi connectivity index (χ2n) is 6.04. The van der Waals surface area contributed by atoms with Gasteiger partial charge >= 0.3 is 6.01 Å². The molecule has 108 valence electrons. The van der Waals surface area contributed by atoms with Crippen LogP contribution in [0.2, 0.25) is 0 Å². The van der Waals surface area contributed by atoms with Crippen molar-refractivity contribution in [2.45, 2.75) is 45.7 Å². The van der Waals surface area contributed by atoms with Crippen LogP contribution < -0.4 is 10.6 Å². The van der Waals surface area contributed by atoms with Crippen molar-refractivity contribution in [3.63, 3.8) is 0 Å². The molecule has 6 heteroatoms. The maximum atomic E-state index is 5.57. The molecule has 0 atom stereocenters. The summed E-state index contributed by atoms with van der Waals surface area (Å²) in [6.07, 6.45) is 2.56. The molecule has 0 spiro atoms. The number of thioether (sulfide) groups is 1. The number of hydrogen-bond donors (Lipinski definition) is 2. The lowest BCUT2D eigenvalue weighted by atomic mass is 10.0. The molecule has 19 heavy (non-hydrogen) atoms. The van der Waals surface area contributed by atoms with Crippen molar-refractivity contribution in [2.24, 2.45) is 5.92 Å². The van der Waals surface area contributed by atoms with E-state index in [2.05, 4.69) is 41.6 Å². The van der Waals surface area contributed by atoms with Crippen LogP contribution in [-0.2, 0) is 6.54 Å². The average Bonchev–Trinajstić information content (AvgIpc) is 2.82. The van der Waals surface area contributed by atoms with Gasteiger partial charge in [-0.3, -0.25) is 0 Å². The second kappa shape index (κ2) is 6.61. The van der Waals surface area contributed by atoms with Gasteiger partial charge in [0.05, 0.1) is 6.54 Å². The third-order valence-electron chi connectivity index (χ3n) is 3.12. The van der Waals surface area contributed by atoms with Crippen molar-refractivity contribution in [1.29, 1.82) is 0 Å². The smallest absolute Gasteiger partial charge is 0.315 e. The van der Waals surface area contributed by atoms with E-state index >= 15 is 0 Å². The average molecular weight is 284 g/mol. The predicted octanol–water partition coefficient (Wildman–Crippen LogP) is 2.51. The molecule has 0 aliphatic carbocycles. The third kappa shape index (κ3) is 5.40. The van der Waals surface area contributed by atoms with E-state index in [1.807, 2.05) is 11.8 Å². The number of aromatic nitrogens is 2. The number of nitrogens with one attached hydrogen (secondary N) is 2. The standard InChI is InChI=1S/C13H24N4OS/c1-13(2,3)15-9-11-16-17-12(18-11)14-8-10-4-6-19-7-5-10/h10,15H,4-9H2,1-3H3,(H,14,17). The van der Waals surface area contributed by atoms with Gasteiger partial charge in [-0.05, 0) is 51.0 Å². The maximum absolute atomic E-state index is 5.57. The van der Waals surface area contributed by atoms with E-state index in [0.717, 1.165) is 12.5 Å². The Morgan fingerprint density at radius 3 is 2.68 bits per heavy atom. The molecule has 2 rings (SSSR count). The van der Waals surface area contributed by atoms with Crippen LogP contribution in [-0.4, -0.2) is 33.8 Å². The molecule has 0 saturated carbocycles. The van der Waals surface area contributed by atoms with Gasteiger partial charge < -0.3 is 15.1 Å². The van der Waals surface area contributed by atoms with Crippen LogP contribution in [0.15, 0.2) is 4.42 Å². The summed E-state index contributed by atoms with van der Waals surface area (Å²) in [6.45, 7) is 7.89. The minimum atomic E-state index is 0.0574. The van der Waals surface area contributed by atoms with Crippen LogP contribution >= 0.6 is 11.8 Å². The SMILES string of the molecule is CC(C)(C)NCc1nnc(NCC2CCSCC2)o1. The highest BCUT2D eigenvalue weighted by atomic mass is 32.2. The highest BCUT2D eigenvalue weighted by molar-refractivity contribution is 7.99. The molecule has 0 bridgehead atoms. The van der Waals surface area contributed by atoms with Gasteiger partial charge in [0.1, 0.15) is 0 Å². The van der Waals surface area contributed by atoms with E-state index in [-0.39, 0.29) is 5.54 Å². The summed E-state index contributed by atoms with van der Waals surface area (Å²) < 4.78 is 5.57. The van der Waals surface area contributed by atoms with E-state index in [4.69, 9.17) is 4.42 Å². The van der Waals surface area contributed by atoms with Crippen molar-refractivity contribution in [2.75, 3.05) is 23.4 Å². The van der Waals surface area contributed by atoms with E-state index in [1.54, 1.807) is 0 Å². The zero-order chi connectivity index (χ0) is 13.7.